The maximum absolute atomic E-state index is 12.4. The Labute approximate surface area is 172 Å². The van der Waals surface area contributed by atoms with Gasteiger partial charge in [-0.25, -0.2) is 9.97 Å². The van der Waals surface area contributed by atoms with Gasteiger partial charge in [-0.3, -0.25) is 4.79 Å². The van der Waals surface area contributed by atoms with Crippen molar-refractivity contribution in [2.45, 2.75) is 29.9 Å². The number of aryl methyl sites for hydroxylation is 2. The second kappa shape index (κ2) is 9.20. The van der Waals surface area contributed by atoms with Crippen LogP contribution in [0.15, 0.2) is 40.6 Å². The molecule has 0 N–H and O–H groups in total. The van der Waals surface area contributed by atoms with Crippen LogP contribution in [-0.2, 0) is 12.8 Å². The first-order chi connectivity index (χ1) is 13.5. The second-order valence-electron chi connectivity index (χ2n) is 6.12. The summed E-state index contributed by atoms with van der Waals surface area (Å²) in [6.45, 7) is 3.91. The number of benzene rings is 1. The van der Waals surface area contributed by atoms with E-state index in [2.05, 4.69) is 20.2 Å². The molecule has 2 aromatic heterocycles. The molecule has 0 saturated carbocycles. The lowest BCUT2D eigenvalue weighted by Crippen LogP contribution is -2.04. The fraction of sp³-hybridized carbons (Fsp3) is 0.316. The molecule has 0 spiro atoms. The van der Waals surface area contributed by atoms with Gasteiger partial charge in [-0.2, -0.15) is 0 Å². The van der Waals surface area contributed by atoms with Crippen molar-refractivity contribution in [2.75, 3.05) is 12.9 Å². The molecule has 1 aromatic carbocycles. The third-order valence-corrected chi connectivity index (χ3v) is 5.83. The van der Waals surface area contributed by atoms with Crippen LogP contribution in [0.3, 0.4) is 0 Å². The predicted octanol–water partition coefficient (Wildman–Crippen LogP) is 3.50. The number of hydrogen-bond acceptors (Lipinski definition) is 8. The van der Waals surface area contributed by atoms with E-state index in [1.54, 1.807) is 31.4 Å². The molecule has 0 saturated heterocycles. The van der Waals surface area contributed by atoms with Gasteiger partial charge >= 0.3 is 0 Å². The molecular formula is C19H21N5O2S2. The van der Waals surface area contributed by atoms with Crippen LogP contribution < -0.4 is 4.74 Å². The van der Waals surface area contributed by atoms with E-state index in [0.717, 1.165) is 28.1 Å². The molecule has 0 bridgehead atoms. The SMILES string of the molecule is COc1ccc(C(=O)CSc2nnc(CSc3nc(C)cc(C)n3)n2C)cc1. The Morgan fingerprint density at radius 1 is 1.07 bits per heavy atom. The summed E-state index contributed by atoms with van der Waals surface area (Å²) in [7, 11) is 3.50. The van der Waals surface area contributed by atoms with Gasteiger partial charge in [-0.15, -0.1) is 10.2 Å². The van der Waals surface area contributed by atoms with Crippen LogP contribution in [-0.4, -0.2) is 43.4 Å². The minimum atomic E-state index is 0.0372. The van der Waals surface area contributed by atoms with Gasteiger partial charge in [0.25, 0.3) is 0 Å². The summed E-state index contributed by atoms with van der Waals surface area (Å²) in [6, 6.07) is 9.05. The number of carbonyl (C=O) groups is 1. The van der Waals surface area contributed by atoms with Crippen molar-refractivity contribution >= 4 is 29.3 Å². The molecule has 0 unspecified atom stereocenters. The normalized spacial score (nSPS) is 10.9. The first-order valence-electron chi connectivity index (χ1n) is 8.59. The van der Waals surface area contributed by atoms with Gasteiger partial charge in [0.15, 0.2) is 16.1 Å². The van der Waals surface area contributed by atoms with E-state index in [0.29, 0.717) is 22.2 Å². The molecule has 3 rings (SSSR count). The van der Waals surface area contributed by atoms with Crippen LogP contribution in [0.2, 0.25) is 0 Å². The summed E-state index contributed by atoms with van der Waals surface area (Å²) in [5.74, 6) is 2.49. The average Bonchev–Trinajstić information content (AvgIpc) is 3.03. The van der Waals surface area contributed by atoms with Crippen molar-refractivity contribution in [1.82, 2.24) is 24.7 Å². The molecule has 0 aliphatic heterocycles. The molecule has 0 radical (unpaired) electrons. The summed E-state index contributed by atoms with van der Waals surface area (Å²) in [4.78, 5) is 21.2. The minimum absolute atomic E-state index is 0.0372. The molecule has 0 fully saturated rings. The number of ether oxygens (including phenoxy) is 1. The number of nitrogens with zero attached hydrogens (tertiary/aromatic N) is 5. The third-order valence-electron chi connectivity index (χ3n) is 3.96. The second-order valence-corrected chi connectivity index (χ2v) is 8.01. The van der Waals surface area contributed by atoms with Crippen LogP contribution in [0.4, 0.5) is 0 Å². The fourth-order valence-corrected chi connectivity index (χ4v) is 4.23. The molecular weight excluding hydrogens is 394 g/mol. The molecule has 3 aromatic rings. The lowest BCUT2D eigenvalue weighted by Gasteiger charge is -2.05. The van der Waals surface area contributed by atoms with Gasteiger partial charge in [0.2, 0.25) is 0 Å². The first-order valence-corrected chi connectivity index (χ1v) is 10.6. The highest BCUT2D eigenvalue weighted by Gasteiger charge is 2.13. The van der Waals surface area contributed by atoms with E-state index in [4.69, 9.17) is 4.74 Å². The molecule has 146 valence electrons. The highest BCUT2D eigenvalue weighted by molar-refractivity contribution is 7.99. The summed E-state index contributed by atoms with van der Waals surface area (Å²) in [6.07, 6.45) is 0. The average molecular weight is 416 g/mol. The van der Waals surface area contributed by atoms with E-state index < -0.39 is 0 Å². The zero-order valence-electron chi connectivity index (χ0n) is 16.2. The van der Waals surface area contributed by atoms with Crippen LogP contribution in [0.5, 0.6) is 5.75 Å². The Morgan fingerprint density at radius 2 is 1.75 bits per heavy atom. The predicted molar refractivity (Wildman–Crippen MR) is 110 cm³/mol. The van der Waals surface area contributed by atoms with Crippen molar-refractivity contribution in [1.29, 1.82) is 0 Å². The first kappa shape index (κ1) is 20.3. The van der Waals surface area contributed by atoms with Crippen LogP contribution in [0.25, 0.3) is 0 Å². The molecule has 0 amide bonds. The van der Waals surface area contributed by atoms with E-state index in [9.17, 15) is 4.79 Å². The summed E-state index contributed by atoms with van der Waals surface area (Å²) in [5, 5.41) is 9.88. The molecule has 0 aliphatic rings. The Morgan fingerprint density at radius 3 is 2.39 bits per heavy atom. The molecule has 9 heteroatoms. The van der Waals surface area contributed by atoms with Crippen molar-refractivity contribution in [2.24, 2.45) is 7.05 Å². The minimum Gasteiger partial charge on any atom is -0.497 e. The maximum atomic E-state index is 12.4. The van der Waals surface area contributed by atoms with Gasteiger partial charge in [0.05, 0.1) is 18.6 Å². The van der Waals surface area contributed by atoms with Crippen molar-refractivity contribution in [3.05, 3.63) is 53.1 Å². The quantitative estimate of drug-likeness (QED) is 0.314. The highest BCUT2D eigenvalue weighted by Crippen LogP contribution is 2.23. The van der Waals surface area contributed by atoms with Gasteiger partial charge < -0.3 is 9.30 Å². The Bertz CT molecular complexity index is 953. The Kier molecular flexibility index (Phi) is 6.69. The third kappa shape index (κ3) is 5.11. The molecule has 2 heterocycles. The van der Waals surface area contributed by atoms with E-state index in [1.165, 1.54) is 23.5 Å². The summed E-state index contributed by atoms with van der Waals surface area (Å²) in [5.41, 5.74) is 2.54. The standard InChI is InChI=1S/C19H21N5O2S2/c1-12-9-13(2)21-18(20-12)27-11-17-22-23-19(24(17)3)28-10-16(25)14-5-7-15(26-4)8-6-14/h5-9H,10-11H2,1-4H3. The lowest BCUT2D eigenvalue weighted by atomic mass is 10.1. The molecule has 7 nitrogen and oxygen atoms in total. The zero-order chi connectivity index (χ0) is 20.1. The van der Waals surface area contributed by atoms with Gasteiger partial charge in [-0.05, 0) is 44.2 Å². The Balaban J connectivity index is 1.58. The molecule has 28 heavy (non-hydrogen) atoms. The van der Waals surface area contributed by atoms with Crippen LogP contribution >= 0.6 is 23.5 Å². The molecule has 0 aliphatic carbocycles. The topological polar surface area (TPSA) is 82.8 Å². The van der Waals surface area contributed by atoms with Gasteiger partial charge in [0.1, 0.15) is 11.6 Å². The monoisotopic (exact) mass is 415 g/mol. The summed E-state index contributed by atoms with van der Waals surface area (Å²) < 4.78 is 7.02. The zero-order valence-corrected chi connectivity index (χ0v) is 17.8. The van der Waals surface area contributed by atoms with Crippen molar-refractivity contribution < 1.29 is 9.53 Å². The summed E-state index contributed by atoms with van der Waals surface area (Å²) >= 11 is 2.90. The molecule has 0 atom stereocenters. The van der Waals surface area contributed by atoms with Gasteiger partial charge in [0, 0.05) is 24.0 Å². The number of hydrogen-bond donors (Lipinski definition) is 0. The van der Waals surface area contributed by atoms with E-state index >= 15 is 0 Å². The number of aromatic nitrogens is 5. The number of thioether (sulfide) groups is 2. The van der Waals surface area contributed by atoms with Crippen molar-refractivity contribution in [3.63, 3.8) is 0 Å². The van der Waals surface area contributed by atoms with E-state index in [1.807, 2.05) is 31.5 Å². The number of Topliss-reactive ketones (excluding diaryl/α,β-unsaturated/α-hetero) is 1. The highest BCUT2D eigenvalue weighted by atomic mass is 32.2. The number of methoxy groups -OCH3 is 1. The Hall–Kier alpha value is -2.39. The van der Waals surface area contributed by atoms with Crippen LogP contribution in [0, 0.1) is 13.8 Å². The lowest BCUT2D eigenvalue weighted by molar-refractivity contribution is 0.102. The number of rotatable bonds is 8. The largest absolute Gasteiger partial charge is 0.497 e. The van der Waals surface area contributed by atoms with Crippen molar-refractivity contribution in [3.8, 4) is 5.75 Å². The van der Waals surface area contributed by atoms with Crippen LogP contribution in [0.1, 0.15) is 27.6 Å². The van der Waals surface area contributed by atoms with Gasteiger partial charge in [-0.1, -0.05) is 23.5 Å². The number of ketones is 1. The smallest absolute Gasteiger partial charge is 0.191 e. The van der Waals surface area contributed by atoms with E-state index in [-0.39, 0.29) is 5.78 Å². The fourth-order valence-electron chi connectivity index (χ4n) is 2.47. The number of carbonyl (C=O) groups excluding carboxylic acids is 1. The maximum Gasteiger partial charge on any atom is 0.191 e.